The van der Waals surface area contributed by atoms with Crippen molar-refractivity contribution in [1.29, 1.82) is 0 Å². The zero-order valence-electron chi connectivity index (χ0n) is 5.33. The van der Waals surface area contributed by atoms with Gasteiger partial charge in [0.15, 0.2) is 0 Å². The van der Waals surface area contributed by atoms with E-state index in [0.717, 1.165) is 5.69 Å². The first-order valence-corrected chi connectivity index (χ1v) is 2.86. The van der Waals surface area contributed by atoms with Crippen LogP contribution in [0.3, 0.4) is 0 Å². The molecule has 0 aliphatic heterocycles. The molecular formula is C8H8N+. The highest BCUT2D eigenvalue weighted by molar-refractivity contribution is 5.44. The summed E-state index contributed by atoms with van der Waals surface area (Å²) in [7, 11) is 0. The predicted octanol–water partition coefficient (Wildman–Crippen LogP) is 2.67. The quantitative estimate of drug-likeness (QED) is 0.493. The second kappa shape index (κ2) is 2.88. The lowest BCUT2D eigenvalue weighted by molar-refractivity contribution is 1.71. The second-order valence-electron chi connectivity index (χ2n) is 1.67. The van der Waals surface area contributed by atoms with Gasteiger partial charge in [-0.05, 0) is 4.85 Å². The van der Waals surface area contributed by atoms with Crippen LogP contribution in [0.5, 0.6) is 0 Å². The fraction of sp³-hybridized carbons (Fsp3) is 0.125. The molecule has 1 nitrogen and oxygen atoms in total. The van der Waals surface area contributed by atoms with Crippen molar-refractivity contribution in [2.24, 2.45) is 0 Å². The Morgan fingerprint density at radius 1 is 1.22 bits per heavy atom. The van der Waals surface area contributed by atoms with Crippen LogP contribution in [0, 0.1) is 6.07 Å². The third kappa shape index (κ3) is 1.58. The van der Waals surface area contributed by atoms with Gasteiger partial charge >= 0.3 is 5.69 Å². The Labute approximate surface area is 54.8 Å². The average Bonchev–Trinajstić information content (AvgIpc) is 1.91. The highest BCUT2D eigenvalue weighted by atomic mass is 14.6. The number of benzene rings is 1. The molecule has 0 aliphatic rings. The molecule has 0 N–H and O–H groups in total. The van der Waals surface area contributed by atoms with E-state index in [1.165, 1.54) is 0 Å². The van der Waals surface area contributed by atoms with Gasteiger partial charge in [0.25, 0.3) is 6.07 Å². The minimum atomic E-state index is 0.958. The molecular weight excluding hydrogens is 110 g/mol. The largest absolute Gasteiger partial charge is 0.340 e. The zero-order valence-corrected chi connectivity index (χ0v) is 5.33. The lowest BCUT2D eigenvalue weighted by Gasteiger charge is -1.72. The first-order chi connectivity index (χ1) is 4.43. The minimum Gasteiger partial charge on any atom is -0.0617 e. The smallest absolute Gasteiger partial charge is 0.0617 e. The normalized spacial score (nSPS) is 7.67. The van der Waals surface area contributed by atoms with Gasteiger partial charge in [0.2, 0.25) is 0 Å². The molecule has 0 spiro atoms. The molecule has 0 saturated heterocycles. The zero-order chi connectivity index (χ0) is 6.53. The van der Waals surface area contributed by atoms with Crippen molar-refractivity contribution < 1.29 is 0 Å². The summed E-state index contributed by atoms with van der Waals surface area (Å²) >= 11 is 0. The van der Waals surface area contributed by atoms with E-state index in [9.17, 15) is 0 Å². The molecule has 44 valence electrons. The third-order valence-corrected chi connectivity index (χ3v) is 0.997. The number of nitrogens with zero attached hydrogens (tertiary/aromatic N) is 1. The molecule has 0 fully saturated rings. The Kier molecular flexibility index (Phi) is 1.87. The Balaban J connectivity index is 2.94. The van der Waals surface area contributed by atoms with E-state index in [4.69, 9.17) is 0 Å². The standard InChI is InChI=1S/C8H8N/c1-2-9-8-6-4-3-5-7-8/h3-7H,1H3/q+1. The van der Waals surface area contributed by atoms with Gasteiger partial charge < -0.3 is 0 Å². The fourth-order valence-electron chi connectivity index (χ4n) is 0.632. The van der Waals surface area contributed by atoms with Crippen molar-refractivity contribution in [3.05, 3.63) is 35.2 Å². The number of rotatable bonds is 0. The van der Waals surface area contributed by atoms with Gasteiger partial charge in [-0.25, -0.2) is 0 Å². The molecule has 1 aromatic rings. The summed E-state index contributed by atoms with van der Waals surface area (Å²) in [6.07, 6.45) is 0. The molecule has 1 heteroatoms. The van der Waals surface area contributed by atoms with E-state index in [1.54, 1.807) is 6.92 Å². The first kappa shape index (κ1) is 5.84. The van der Waals surface area contributed by atoms with E-state index < -0.39 is 0 Å². The summed E-state index contributed by atoms with van der Waals surface area (Å²) in [6.45, 7) is 1.78. The molecule has 1 aromatic carbocycles. The molecule has 0 heterocycles. The summed E-state index contributed by atoms with van der Waals surface area (Å²) in [4.78, 5) is 3.96. The van der Waals surface area contributed by atoms with E-state index >= 15 is 0 Å². The molecule has 0 aromatic heterocycles. The van der Waals surface area contributed by atoms with Crippen molar-refractivity contribution in [2.45, 2.75) is 6.92 Å². The molecule has 0 atom stereocenters. The maximum absolute atomic E-state index is 3.96. The van der Waals surface area contributed by atoms with Crippen LogP contribution in [0.4, 0.5) is 5.69 Å². The topological polar surface area (TPSA) is 4.36 Å². The molecule has 0 aliphatic carbocycles. The van der Waals surface area contributed by atoms with Crippen molar-refractivity contribution >= 4 is 5.69 Å². The summed E-state index contributed by atoms with van der Waals surface area (Å²) in [6, 6.07) is 12.5. The van der Waals surface area contributed by atoms with Crippen LogP contribution in [-0.4, -0.2) is 0 Å². The second-order valence-corrected chi connectivity index (χ2v) is 1.67. The highest BCUT2D eigenvalue weighted by Gasteiger charge is 1.92. The Bertz CT molecular complexity index is 228. The van der Waals surface area contributed by atoms with E-state index in [-0.39, 0.29) is 0 Å². The number of hydrogen-bond donors (Lipinski definition) is 0. The average molecular weight is 118 g/mol. The maximum Gasteiger partial charge on any atom is 0.340 e. The summed E-state index contributed by atoms with van der Waals surface area (Å²) in [5.41, 5.74) is 0.958. The van der Waals surface area contributed by atoms with Crippen LogP contribution in [0.25, 0.3) is 4.85 Å². The van der Waals surface area contributed by atoms with Gasteiger partial charge in [0.1, 0.15) is 0 Å². The van der Waals surface area contributed by atoms with Crippen molar-refractivity contribution in [3.63, 3.8) is 0 Å². The Hall–Kier alpha value is -1.29. The van der Waals surface area contributed by atoms with Gasteiger partial charge in [0, 0.05) is 12.1 Å². The van der Waals surface area contributed by atoms with Gasteiger partial charge in [-0.2, -0.15) is 0 Å². The fourth-order valence-corrected chi connectivity index (χ4v) is 0.632. The van der Waals surface area contributed by atoms with Crippen molar-refractivity contribution in [3.8, 4) is 6.07 Å². The van der Waals surface area contributed by atoms with Crippen molar-refractivity contribution in [2.75, 3.05) is 0 Å². The molecule has 0 radical (unpaired) electrons. The van der Waals surface area contributed by atoms with Gasteiger partial charge in [-0.3, -0.25) is 0 Å². The molecule has 0 saturated carbocycles. The van der Waals surface area contributed by atoms with Crippen LogP contribution < -0.4 is 0 Å². The molecule has 0 bridgehead atoms. The maximum atomic E-state index is 3.96. The summed E-state index contributed by atoms with van der Waals surface area (Å²) in [5.74, 6) is 0. The van der Waals surface area contributed by atoms with E-state index in [0.29, 0.717) is 0 Å². The van der Waals surface area contributed by atoms with Crippen LogP contribution in [0.15, 0.2) is 30.3 Å². The van der Waals surface area contributed by atoms with Crippen LogP contribution in [0.1, 0.15) is 6.92 Å². The molecule has 1 rings (SSSR count). The van der Waals surface area contributed by atoms with Crippen molar-refractivity contribution in [1.82, 2.24) is 0 Å². The predicted molar refractivity (Wildman–Crippen MR) is 39.0 cm³/mol. The van der Waals surface area contributed by atoms with Crippen LogP contribution >= 0.6 is 0 Å². The van der Waals surface area contributed by atoms with Gasteiger partial charge in [0.05, 0.1) is 6.92 Å². The molecule has 0 unspecified atom stereocenters. The Morgan fingerprint density at radius 2 is 1.89 bits per heavy atom. The van der Waals surface area contributed by atoms with Crippen LogP contribution in [0.2, 0.25) is 0 Å². The Morgan fingerprint density at radius 3 is 2.44 bits per heavy atom. The molecule has 0 amide bonds. The minimum absolute atomic E-state index is 0.958. The first-order valence-electron chi connectivity index (χ1n) is 2.86. The number of hydrogen-bond acceptors (Lipinski definition) is 0. The third-order valence-electron chi connectivity index (χ3n) is 0.997. The van der Waals surface area contributed by atoms with Gasteiger partial charge in [-0.1, -0.05) is 18.2 Å². The summed E-state index contributed by atoms with van der Waals surface area (Å²) < 4.78 is 0. The molecule has 9 heavy (non-hydrogen) atoms. The lowest BCUT2D eigenvalue weighted by atomic mass is 10.3. The van der Waals surface area contributed by atoms with Crippen LogP contribution in [-0.2, 0) is 0 Å². The monoisotopic (exact) mass is 118 g/mol. The highest BCUT2D eigenvalue weighted by Crippen LogP contribution is 2.08. The van der Waals surface area contributed by atoms with E-state index in [1.807, 2.05) is 30.3 Å². The summed E-state index contributed by atoms with van der Waals surface area (Å²) in [5, 5.41) is 0. The lowest BCUT2D eigenvalue weighted by Crippen LogP contribution is -1.55. The number of para-hydroxylation sites is 1. The SMILES string of the molecule is CC#[N+]c1ccccc1. The van der Waals surface area contributed by atoms with Gasteiger partial charge in [-0.15, -0.1) is 0 Å². The van der Waals surface area contributed by atoms with E-state index in [2.05, 4.69) is 10.9 Å².